The Hall–Kier alpha value is -2.37. The molecule has 0 atom stereocenters. The molecule has 1 aliphatic heterocycles. The van der Waals surface area contributed by atoms with E-state index in [-0.39, 0.29) is 5.63 Å². The molecule has 5 nitrogen and oxygen atoms in total. The van der Waals surface area contributed by atoms with Crippen LogP contribution in [0.5, 0.6) is 5.75 Å². The van der Waals surface area contributed by atoms with Gasteiger partial charge in [0.05, 0.1) is 5.39 Å². The van der Waals surface area contributed by atoms with Crippen LogP contribution < -0.4 is 10.4 Å². The van der Waals surface area contributed by atoms with Gasteiger partial charge in [-0.25, -0.2) is 4.79 Å². The lowest BCUT2D eigenvalue weighted by atomic mass is 10.1. The number of para-hydroxylation sites is 1. The Kier molecular flexibility index (Phi) is 4.42. The summed E-state index contributed by atoms with van der Waals surface area (Å²) in [6, 6.07) is 13.3. The summed E-state index contributed by atoms with van der Waals surface area (Å²) in [6.45, 7) is 5.88. The zero-order valence-corrected chi connectivity index (χ0v) is 14.4. The third-order valence-electron chi connectivity index (χ3n) is 4.86. The molecular weight excluding hydrogens is 316 g/mol. The van der Waals surface area contributed by atoms with Crippen molar-refractivity contribution in [2.75, 3.05) is 46.4 Å². The fraction of sp³-hybridized carbons (Fsp3) is 0.350. The van der Waals surface area contributed by atoms with Crippen molar-refractivity contribution in [1.29, 1.82) is 0 Å². The van der Waals surface area contributed by atoms with Crippen LogP contribution in [0.3, 0.4) is 0 Å². The summed E-state index contributed by atoms with van der Waals surface area (Å²) in [5.74, 6) is 0.712. The molecular formula is C20H22N2O3. The molecule has 0 N–H and O–H groups in total. The van der Waals surface area contributed by atoms with E-state index in [0.29, 0.717) is 23.3 Å². The van der Waals surface area contributed by atoms with Crippen LogP contribution in [0.2, 0.25) is 0 Å². The minimum Gasteiger partial charge on any atom is -0.492 e. The third-order valence-corrected chi connectivity index (χ3v) is 4.86. The molecule has 1 aliphatic rings. The smallest absolute Gasteiger partial charge is 0.344 e. The Morgan fingerprint density at radius 2 is 1.80 bits per heavy atom. The van der Waals surface area contributed by atoms with E-state index < -0.39 is 0 Å². The summed E-state index contributed by atoms with van der Waals surface area (Å²) >= 11 is 0. The molecule has 5 heteroatoms. The second-order valence-corrected chi connectivity index (χ2v) is 6.59. The van der Waals surface area contributed by atoms with Crippen molar-refractivity contribution in [3.8, 4) is 5.75 Å². The van der Waals surface area contributed by atoms with Gasteiger partial charge in [-0.05, 0) is 31.3 Å². The molecule has 0 bridgehead atoms. The van der Waals surface area contributed by atoms with Crippen molar-refractivity contribution in [2.45, 2.75) is 0 Å². The van der Waals surface area contributed by atoms with Crippen LogP contribution in [-0.2, 0) is 0 Å². The van der Waals surface area contributed by atoms with E-state index >= 15 is 0 Å². The summed E-state index contributed by atoms with van der Waals surface area (Å²) in [6.07, 6.45) is 0. The van der Waals surface area contributed by atoms with Gasteiger partial charge in [0, 0.05) is 43.5 Å². The quantitative estimate of drug-likeness (QED) is 0.540. The largest absolute Gasteiger partial charge is 0.492 e. The molecule has 4 rings (SSSR count). The molecule has 3 aromatic rings. The first kappa shape index (κ1) is 16.1. The lowest BCUT2D eigenvalue weighted by Crippen LogP contribution is -2.45. The molecule has 1 aromatic heterocycles. The Balaban J connectivity index is 1.50. The van der Waals surface area contributed by atoms with Gasteiger partial charge in [0.25, 0.3) is 0 Å². The SMILES string of the molecule is CN1CCN(CCOc2ccc3c(c2)c(=O)oc2ccccc23)CC1. The number of hydrogen-bond acceptors (Lipinski definition) is 5. The molecule has 2 aromatic carbocycles. The normalized spacial score (nSPS) is 16.5. The third kappa shape index (κ3) is 3.38. The van der Waals surface area contributed by atoms with Crippen LogP contribution in [0.25, 0.3) is 21.7 Å². The van der Waals surface area contributed by atoms with Crippen molar-refractivity contribution < 1.29 is 9.15 Å². The van der Waals surface area contributed by atoms with Crippen LogP contribution >= 0.6 is 0 Å². The van der Waals surface area contributed by atoms with Crippen LogP contribution in [-0.4, -0.2) is 56.2 Å². The minimum absolute atomic E-state index is 0.321. The van der Waals surface area contributed by atoms with Crippen molar-refractivity contribution in [3.05, 3.63) is 52.9 Å². The summed E-state index contributed by atoms with van der Waals surface area (Å²) < 4.78 is 11.3. The predicted octanol–water partition coefficient (Wildman–Crippen LogP) is 2.57. The average Bonchev–Trinajstić information content (AvgIpc) is 2.64. The number of rotatable bonds is 4. The summed E-state index contributed by atoms with van der Waals surface area (Å²) in [5, 5.41) is 2.41. The van der Waals surface area contributed by atoms with E-state index in [1.165, 1.54) is 0 Å². The number of likely N-dealkylation sites (N-methyl/N-ethyl adjacent to an activating group) is 1. The van der Waals surface area contributed by atoms with Gasteiger partial charge in [0.1, 0.15) is 17.9 Å². The highest BCUT2D eigenvalue weighted by Crippen LogP contribution is 2.25. The van der Waals surface area contributed by atoms with Crippen LogP contribution in [0.1, 0.15) is 0 Å². The second kappa shape index (κ2) is 6.86. The standard InChI is InChI=1S/C20H22N2O3/c1-21-8-10-22(11-9-21)12-13-24-15-6-7-16-17-4-2-3-5-19(17)25-20(23)18(16)14-15/h2-7,14H,8-13H2,1H3. The molecule has 2 heterocycles. The van der Waals surface area contributed by atoms with E-state index in [2.05, 4.69) is 16.8 Å². The Bertz CT molecular complexity index is 942. The van der Waals surface area contributed by atoms with Gasteiger partial charge < -0.3 is 14.1 Å². The molecule has 0 unspecified atom stereocenters. The van der Waals surface area contributed by atoms with Gasteiger partial charge in [0.2, 0.25) is 0 Å². The maximum atomic E-state index is 12.3. The Morgan fingerprint density at radius 1 is 1.00 bits per heavy atom. The highest BCUT2D eigenvalue weighted by atomic mass is 16.5. The molecule has 1 saturated heterocycles. The van der Waals surface area contributed by atoms with Crippen molar-refractivity contribution in [2.24, 2.45) is 0 Å². The first-order valence-corrected chi connectivity index (χ1v) is 8.70. The van der Waals surface area contributed by atoms with Crippen LogP contribution in [0.15, 0.2) is 51.7 Å². The van der Waals surface area contributed by atoms with Crippen molar-refractivity contribution in [3.63, 3.8) is 0 Å². The van der Waals surface area contributed by atoms with E-state index in [0.717, 1.165) is 43.5 Å². The summed E-state index contributed by atoms with van der Waals surface area (Å²) in [5.41, 5.74) is 0.293. The Labute approximate surface area is 146 Å². The zero-order chi connectivity index (χ0) is 17.2. The van der Waals surface area contributed by atoms with Gasteiger partial charge in [-0.2, -0.15) is 0 Å². The molecule has 1 fully saturated rings. The fourth-order valence-electron chi connectivity index (χ4n) is 3.31. The summed E-state index contributed by atoms with van der Waals surface area (Å²) in [7, 11) is 2.15. The second-order valence-electron chi connectivity index (χ2n) is 6.59. The van der Waals surface area contributed by atoms with E-state index in [1.54, 1.807) is 6.07 Å². The number of fused-ring (bicyclic) bond motifs is 3. The molecule has 130 valence electrons. The van der Waals surface area contributed by atoms with Crippen molar-refractivity contribution >= 4 is 21.7 Å². The zero-order valence-electron chi connectivity index (χ0n) is 14.4. The topological polar surface area (TPSA) is 45.9 Å². The average molecular weight is 338 g/mol. The van der Waals surface area contributed by atoms with Crippen molar-refractivity contribution in [1.82, 2.24) is 9.80 Å². The number of piperazine rings is 1. The first-order chi connectivity index (χ1) is 12.2. The molecule has 25 heavy (non-hydrogen) atoms. The number of hydrogen-bond donors (Lipinski definition) is 0. The van der Waals surface area contributed by atoms with E-state index in [1.807, 2.05) is 36.4 Å². The maximum absolute atomic E-state index is 12.3. The van der Waals surface area contributed by atoms with Crippen LogP contribution in [0, 0.1) is 0 Å². The number of ether oxygens (including phenoxy) is 1. The number of nitrogens with zero attached hydrogens (tertiary/aromatic N) is 2. The lowest BCUT2D eigenvalue weighted by molar-refractivity contribution is 0.134. The first-order valence-electron chi connectivity index (χ1n) is 8.70. The lowest BCUT2D eigenvalue weighted by Gasteiger charge is -2.32. The van der Waals surface area contributed by atoms with Gasteiger partial charge in [0.15, 0.2) is 0 Å². The monoisotopic (exact) mass is 338 g/mol. The predicted molar refractivity (Wildman–Crippen MR) is 99.4 cm³/mol. The van der Waals surface area contributed by atoms with Gasteiger partial charge in [-0.15, -0.1) is 0 Å². The van der Waals surface area contributed by atoms with Gasteiger partial charge in [-0.1, -0.05) is 18.2 Å². The Morgan fingerprint density at radius 3 is 2.64 bits per heavy atom. The molecule has 0 radical (unpaired) electrons. The fourth-order valence-corrected chi connectivity index (χ4v) is 3.31. The molecule has 0 aliphatic carbocycles. The van der Waals surface area contributed by atoms with Crippen LogP contribution in [0.4, 0.5) is 0 Å². The van der Waals surface area contributed by atoms with E-state index in [4.69, 9.17) is 9.15 Å². The maximum Gasteiger partial charge on any atom is 0.344 e. The van der Waals surface area contributed by atoms with Gasteiger partial charge in [-0.3, -0.25) is 4.90 Å². The molecule has 0 spiro atoms. The minimum atomic E-state index is -0.321. The highest BCUT2D eigenvalue weighted by Gasteiger charge is 2.13. The summed E-state index contributed by atoms with van der Waals surface area (Å²) in [4.78, 5) is 17.0. The number of benzene rings is 2. The molecule has 0 saturated carbocycles. The highest BCUT2D eigenvalue weighted by molar-refractivity contribution is 6.04. The van der Waals surface area contributed by atoms with E-state index in [9.17, 15) is 4.79 Å². The molecule has 0 amide bonds. The van der Waals surface area contributed by atoms with Gasteiger partial charge >= 0.3 is 5.63 Å².